The molecule has 0 bridgehead atoms. The van der Waals surface area contributed by atoms with Gasteiger partial charge in [0, 0.05) is 36.2 Å². The quantitative estimate of drug-likeness (QED) is 0.424. The first-order valence-electron chi connectivity index (χ1n) is 11.5. The summed E-state index contributed by atoms with van der Waals surface area (Å²) < 4.78 is 68.0. The molecule has 12 heteroatoms. The second kappa shape index (κ2) is 9.18. The minimum atomic E-state index is -4.68. The van der Waals surface area contributed by atoms with Crippen molar-refractivity contribution >= 4 is 17.5 Å². The Morgan fingerprint density at radius 2 is 1.76 bits per heavy atom. The number of nitrogens with one attached hydrogen (secondary N) is 2. The zero-order valence-corrected chi connectivity index (χ0v) is 19.3. The monoisotopic (exact) mass is 515 g/mol. The molecular formula is C25H22F5N7. The predicted molar refractivity (Wildman–Crippen MR) is 129 cm³/mol. The smallest absolute Gasteiger partial charge is 0.326 e. The number of anilines is 1. The van der Waals surface area contributed by atoms with Crippen LogP contribution in [0.5, 0.6) is 0 Å². The second-order valence-corrected chi connectivity index (χ2v) is 8.95. The third-order valence-electron chi connectivity index (χ3n) is 6.20. The summed E-state index contributed by atoms with van der Waals surface area (Å²) in [5, 5.41) is 5.86. The number of aliphatic imine (C=N–C) groups is 2. The van der Waals surface area contributed by atoms with Crippen molar-refractivity contribution in [1.82, 2.24) is 15.3 Å². The number of hydrogen-bond donors (Lipinski definition) is 3. The lowest BCUT2D eigenvalue weighted by Gasteiger charge is -2.33. The fourth-order valence-electron chi connectivity index (χ4n) is 4.36. The Hall–Kier alpha value is -3.93. The average Bonchev–Trinajstić information content (AvgIpc) is 3.24. The van der Waals surface area contributed by atoms with Gasteiger partial charge in [-0.05, 0) is 30.7 Å². The van der Waals surface area contributed by atoms with Gasteiger partial charge in [-0.2, -0.15) is 13.2 Å². The number of nitrogens with two attached hydrogens (primary N) is 1. The van der Waals surface area contributed by atoms with Crippen molar-refractivity contribution in [2.45, 2.75) is 37.1 Å². The highest BCUT2D eigenvalue weighted by molar-refractivity contribution is 6.13. The van der Waals surface area contributed by atoms with Crippen LogP contribution in [0.15, 0.2) is 76.8 Å². The van der Waals surface area contributed by atoms with E-state index in [2.05, 4.69) is 30.6 Å². The molecule has 4 N–H and O–H groups in total. The van der Waals surface area contributed by atoms with Crippen molar-refractivity contribution in [3.63, 3.8) is 0 Å². The summed E-state index contributed by atoms with van der Waals surface area (Å²) in [5.74, 6) is -5.68. The van der Waals surface area contributed by atoms with Crippen LogP contribution in [0, 0.1) is 5.92 Å². The molecule has 1 fully saturated rings. The average molecular weight is 515 g/mol. The van der Waals surface area contributed by atoms with Gasteiger partial charge in [-0.25, -0.2) is 23.7 Å². The number of pyridine rings is 2. The van der Waals surface area contributed by atoms with E-state index in [-0.39, 0.29) is 30.3 Å². The highest BCUT2D eigenvalue weighted by Crippen LogP contribution is 2.44. The van der Waals surface area contributed by atoms with Gasteiger partial charge in [-0.3, -0.25) is 10.7 Å². The molecule has 1 aliphatic heterocycles. The summed E-state index contributed by atoms with van der Waals surface area (Å²) in [6.45, 7) is 0. The van der Waals surface area contributed by atoms with E-state index in [9.17, 15) is 22.0 Å². The summed E-state index contributed by atoms with van der Waals surface area (Å²) in [6.07, 6.45) is -3.97. The van der Waals surface area contributed by atoms with Crippen molar-refractivity contribution in [1.29, 1.82) is 0 Å². The number of alkyl halides is 5. The molecule has 37 heavy (non-hydrogen) atoms. The summed E-state index contributed by atoms with van der Waals surface area (Å²) in [5.41, 5.74) is 7.24. The van der Waals surface area contributed by atoms with Crippen molar-refractivity contribution in [3.8, 4) is 11.3 Å². The molecule has 192 valence electrons. The molecule has 2 aliphatic rings. The second-order valence-electron chi connectivity index (χ2n) is 8.95. The largest absolute Gasteiger partial charge is 0.433 e. The third-order valence-corrected chi connectivity index (χ3v) is 6.20. The maximum atomic E-state index is 14.0. The highest BCUT2D eigenvalue weighted by atomic mass is 19.4. The first-order valence-corrected chi connectivity index (χ1v) is 11.5. The number of rotatable bonds is 4. The number of hydrogen-bond acceptors (Lipinski definition) is 7. The zero-order valence-electron chi connectivity index (χ0n) is 19.3. The lowest BCUT2D eigenvalue weighted by molar-refractivity contribution is -0.141. The van der Waals surface area contributed by atoms with Crippen LogP contribution in [0.3, 0.4) is 0 Å². The molecule has 2 atom stereocenters. The fraction of sp³-hybridized carbons (Fsp3) is 0.280. The molecule has 3 aromatic rings. The SMILES string of the molecule is NC1(C2CCC(F)(F)C2)N=C(Nc2ccnc(-c3ccccc3)c2)NC(c2cccc(C(F)(F)F)n2)=N1. The molecule has 1 saturated carbocycles. The summed E-state index contributed by atoms with van der Waals surface area (Å²) in [6, 6.07) is 16.1. The Kier molecular flexibility index (Phi) is 6.14. The standard InChI is InChI=1S/C25H22F5N7/c26-23(27)11-9-16(14-23)25(31)36-21(18-7-4-8-20(34-18)24(28,29)30)35-22(37-25)33-17-10-12-32-19(13-17)15-5-2-1-3-6-15/h1-8,10,12-13,16H,9,11,14,31H2,(H2,32,33,35,36,37). The van der Waals surface area contributed by atoms with Crippen LogP contribution in [-0.2, 0) is 6.18 Å². The molecule has 1 aliphatic carbocycles. The van der Waals surface area contributed by atoms with Crippen LogP contribution in [0.1, 0.15) is 30.7 Å². The fourth-order valence-corrected chi connectivity index (χ4v) is 4.36. The van der Waals surface area contributed by atoms with Gasteiger partial charge in [0.2, 0.25) is 17.7 Å². The molecule has 5 rings (SSSR count). The molecule has 2 unspecified atom stereocenters. The molecule has 1 aromatic carbocycles. The summed E-state index contributed by atoms with van der Waals surface area (Å²) >= 11 is 0. The molecular weight excluding hydrogens is 493 g/mol. The Bertz CT molecular complexity index is 1360. The summed E-state index contributed by atoms with van der Waals surface area (Å²) in [4.78, 5) is 16.7. The zero-order chi connectivity index (χ0) is 26.3. The van der Waals surface area contributed by atoms with E-state index in [4.69, 9.17) is 5.73 Å². The van der Waals surface area contributed by atoms with Crippen LogP contribution in [0.2, 0.25) is 0 Å². The number of benzene rings is 1. The van der Waals surface area contributed by atoms with Crippen LogP contribution < -0.4 is 16.4 Å². The van der Waals surface area contributed by atoms with E-state index in [0.717, 1.165) is 11.6 Å². The number of guanidine groups is 1. The third kappa shape index (κ3) is 5.43. The minimum Gasteiger partial charge on any atom is -0.326 e. The Morgan fingerprint density at radius 1 is 0.973 bits per heavy atom. The van der Waals surface area contributed by atoms with E-state index < -0.39 is 35.9 Å². The van der Waals surface area contributed by atoms with Gasteiger partial charge in [0.15, 0.2) is 5.84 Å². The van der Waals surface area contributed by atoms with Gasteiger partial charge in [0.25, 0.3) is 0 Å². The molecule has 2 aromatic heterocycles. The summed E-state index contributed by atoms with van der Waals surface area (Å²) in [7, 11) is 0. The number of amidine groups is 1. The highest BCUT2D eigenvalue weighted by Gasteiger charge is 2.49. The lowest BCUT2D eigenvalue weighted by Crippen LogP contribution is -2.53. The molecule has 3 heterocycles. The Balaban J connectivity index is 1.50. The number of aromatic nitrogens is 2. The van der Waals surface area contributed by atoms with Crippen molar-refractivity contribution in [3.05, 3.63) is 78.2 Å². The van der Waals surface area contributed by atoms with Gasteiger partial charge in [0.1, 0.15) is 11.4 Å². The first kappa shape index (κ1) is 24.8. The van der Waals surface area contributed by atoms with Crippen LogP contribution >= 0.6 is 0 Å². The Morgan fingerprint density at radius 3 is 2.46 bits per heavy atom. The number of halogens is 5. The van der Waals surface area contributed by atoms with Gasteiger partial charge in [-0.15, -0.1) is 0 Å². The van der Waals surface area contributed by atoms with Gasteiger partial charge < -0.3 is 10.6 Å². The lowest BCUT2D eigenvalue weighted by atomic mass is 9.99. The van der Waals surface area contributed by atoms with Gasteiger partial charge >= 0.3 is 6.18 Å². The normalized spacial score (nSPS) is 23.1. The maximum absolute atomic E-state index is 14.0. The topological polar surface area (TPSA) is 101 Å². The van der Waals surface area contributed by atoms with E-state index in [1.165, 1.54) is 12.1 Å². The van der Waals surface area contributed by atoms with E-state index >= 15 is 0 Å². The molecule has 0 radical (unpaired) electrons. The first-order chi connectivity index (χ1) is 17.5. The van der Waals surface area contributed by atoms with Crippen molar-refractivity contribution < 1.29 is 22.0 Å². The molecule has 0 amide bonds. The Labute approximate surface area is 208 Å². The number of nitrogens with zero attached hydrogens (tertiary/aromatic N) is 4. The van der Waals surface area contributed by atoms with Crippen molar-refractivity contribution in [2.24, 2.45) is 21.6 Å². The van der Waals surface area contributed by atoms with Gasteiger partial charge in [-0.1, -0.05) is 36.4 Å². The van der Waals surface area contributed by atoms with Gasteiger partial charge in [0.05, 0.1) is 5.69 Å². The maximum Gasteiger partial charge on any atom is 0.433 e. The van der Waals surface area contributed by atoms with E-state index in [0.29, 0.717) is 11.4 Å². The van der Waals surface area contributed by atoms with Crippen LogP contribution in [0.25, 0.3) is 11.3 Å². The van der Waals surface area contributed by atoms with Crippen molar-refractivity contribution in [2.75, 3.05) is 5.32 Å². The van der Waals surface area contributed by atoms with Crippen LogP contribution in [-0.4, -0.2) is 33.5 Å². The predicted octanol–water partition coefficient (Wildman–Crippen LogP) is 5.03. The molecule has 0 saturated heterocycles. The molecule has 0 spiro atoms. The molecule has 7 nitrogen and oxygen atoms in total. The van der Waals surface area contributed by atoms with Crippen LogP contribution in [0.4, 0.5) is 27.6 Å². The van der Waals surface area contributed by atoms with E-state index in [1.54, 1.807) is 18.3 Å². The minimum absolute atomic E-state index is 0.0344. The van der Waals surface area contributed by atoms with E-state index in [1.807, 2.05) is 30.3 Å².